The first-order valence-electron chi connectivity index (χ1n) is 19.9. The first-order valence-corrected chi connectivity index (χ1v) is 19.9. The van der Waals surface area contributed by atoms with E-state index in [1.54, 1.807) is 0 Å². The molecule has 0 N–H and O–H groups in total. The highest BCUT2D eigenvalue weighted by atomic mass is 16.5. The summed E-state index contributed by atoms with van der Waals surface area (Å²) in [6, 6.07) is 66.0. The topological polar surface area (TPSA) is 61.0 Å². The highest BCUT2D eigenvalue weighted by Gasteiger charge is 2.41. The van der Waals surface area contributed by atoms with E-state index in [-0.39, 0.29) is 6.71 Å². The fourth-order valence-corrected chi connectivity index (χ4v) is 9.65. The Morgan fingerprint density at radius 2 is 0.831 bits per heavy atom. The van der Waals surface area contributed by atoms with Gasteiger partial charge in [0.05, 0.1) is 33.4 Å². The van der Waals surface area contributed by atoms with Gasteiger partial charge in [-0.3, -0.25) is 9.13 Å². The summed E-state index contributed by atoms with van der Waals surface area (Å²) in [5.41, 5.74) is 11.7. The fourth-order valence-electron chi connectivity index (χ4n) is 9.65. The molecule has 8 aromatic carbocycles. The Labute approximate surface area is 339 Å². The maximum atomic E-state index is 6.61. The first kappa shape index (κ1) is 32.2. The van der Waals surface area contributed by atoms with Crippen molar-refractivity contribution in [2.75, 3.05) is 4.90 Å². The van der Waals surface area contributed by atoms with Crippen LogP contribution in [0.25, 0.3) is 66.9 Å². The van der Waals surface area contributed by atoms with Crippen molar-refractivity contribution in [3.8, 4) is 34.8 Å². The molecule has 2 aliphatic rings. The minimum Gasteiger partial charge on any atom is -0.453 e. The average molecular weight is 755 g/mol. The number of para-hydroxylation sites is 8. The SMILES string of the molecule is c1ccc2c(c1)Oc1cccc3c1N2c1ccccc1B3c1ccccc1-c1nc(-n2c3ccccc3c3ccccc32)nc(-n2c3ccccc3c3ccccc32)n1. The lowest BCUT2D eigenvalue weighted by molar-refractivity contribution is 0.477. The quantitative estimate of drug-likeness (QED) is 0.168. The van der Waals surface area contributed by atoms with Gasteiger partial charge in [-0.25, -0.2) is 0 Å². The van der Waals surface area contributed by atoms with Crippen molar-refractivity contribution in [3.63, 3.8) is 0 Å². The van der Waals surface area contributed by atoms with Gasteiger partial charge in [0.25, 0.3) is 0 Å². The lowest BCUT2D eigenvalue weighted by Crippen LogP contribution is -2.58. The molecule has 0 saturated heterocycles. The van der Waals surface area contributed by atoms with E-state index in [0.29, 0.717) is 17.7 Å². The van der Waals surface area contributed by atoms with Crippen LogP contribution < -0.4 is 26.0 Å². The minimum absolute atomic E-state index is 0.146. The van der Waals surface area contributed by atoms with E-state index in [2.05, 4.69) is 190 Å². The number of anilines is 3. The third-order valence-electron chi connectivity index (χ3n) is 12.1. The van der Waals surface area contributed by atoms with Gasteiger partial charge in [-0.1, -0.05) is 145 Å². The van der Waals surface area contributed by atoms with Crippen LogP contribution in [0.1, 0.15) is 0 Å². The van der Waals surface area contributed by atoms with Crippen LogP contribution in [0.15, 0.2) is 188 Å². The number of hydrogen-bond donors (Lipinski definition) is 0. The molecule has 0 atom stereocenters. The van der Waals surface area contributed by atoms with Gasteiger partial charge in [0, 0.05) is 32.8 Å². The number of fused-ring (bicyclic) bond motifs is 10. The monoisotopic (exact) mass is 754 g/mol. The molecule has 0 radical (unpaired) electrons. The highest BCUT2D eigenvalue weighted by molar-refractivity contribution is 6.98. The maximum absolute atomic E-state index is 6.61. The summed E-state index contributed by atoms with van der Waals surface area (Å²) >= 11 is 0. The smallest absolute Gasteiger partial charge is 0.247 e. The Morgan fingerprint density at radius 3 is 1.44 bits per heavy atom. The summed E-state index contributed by atoms with van der Waals surface area (Å²) in [5, 5.41) is 4.57. The lowest BCUT2D eigenvalue weighted by atomic mass is 9.34. The van der Waals surface area contributed by atoms with Gasteiger partial charge in [0.1, 0.15) is 0 Å². The van der Waals surface area contributed by atoms with Gasteiger partial charge < -0.3 is 9.64 Å². The zero-order valence-corrected chi connectivity index (χ0v) is 31.6. The standard InChI is InChI=1S/C51H31BN6O/c1-6-21-37(52-38-22-7-12-28-44(38)56-45-29-13-14-30-46(45)59-47-31-15-23-39(52)48(47)56)36(20-1)49-53-50(57-40-24-8-2-16-32(40)33-17-3-9-25-41(33)57)55-51(54-49)58-42-26-10-4-18-34(42)35-19-5-11-27-43(35)58/h1-31H. The van der Waals surface area contributed by atoms with Crippen molar-refractivity contribution in [1.82, 2.24) is 24.1 Å². The van der Waals surface area contributed by atoms with Crippen molar-refractivity contribution in [2.45, 2.75) is 0 Å². The second-order valence-corrected chi connectivity index (χ2v) is 15.2. The second-order valence-electron chi connectivity index (χ2n) is 15.2. The van der Waals surface area contributed by atoms with Crippen LogP contribution in [0, 0.1) is 0 Å². The number of hydrogen-bond acceptors (Lipinski definition) is 5. The Morgan fingerprint density at radius 1 is 0.373 bits per heavy atom. The molecule has 0 bridgehead atoms. The van der Waals surface area contributed by atoms with E-state index < -0.39 is 0 Å². The van der Waals surface area contributed by atoms with E-state index >= 15 is 0 Å². The summed E-state index contributed by atoms with van der Waals surface area (Å²) in [6.07, 6.45) is 0. The van der Waals surface area contributed by atoms with Gasteiger partial charge >= 0.3 is 0 Å². The Bertz CT molecular complexity index is 3300. The third-order valence-corrected chi connectivity index (χ3v) is 12.1. The van der Waals surface area contributed by atoms with Crippen molar-refractivity contribution in [1.29, 1.82) is 0 Å². The van der Waals surface area contributed by atoms with Gasteiger partial charge in [-0.15, -0.1) is 0 Å². The highest BCUT2D eigenvalue weighted by Crippen LogP contribution is 2.50. The summed E-state index contributed by atoms with van der Waals surface area (Å²) < 4.78 is 11.0. The summed E-state index contributed by atoms with van der Waals surface area (Å²) in [6.45, 7) is -0.146. The molecule has 0 fully saturated rings. The van der Waals surface area contributed by atoms with E-state index in [1.807, 2.05) is 12.1 Å². The van der Waals surface area contributed by atoms with E-state index in [9.17, 15) is 0 Å². The first-order chi connectivity index (χ1) is 29.3. The molecule has 13 rings (SSSR count). The molecule has 274 valence electrons. The zero-order valence-electron chi connectivity index (χ0n) is 31.6. The van der Waals surface area contributed by atoms with Gasteiger partial charge in [0.15, 0.2) is 17.3 Å². The minimum atomic E-state index is -0.146. The molecule has 7 nitrogen and oxygen atoms in total. The Balaban J connectivity index is 1.10. The van der Waals surface area contributed by atoms with E-state index in [1.165, 1.54) is 5.46 Å². The predicted octanol–water partition coefficient (Wildman–Crippen LogP) is 10.1. The zero-order chi connectivity index (χ0) is 38.6. The van der Waals surface area contributed by atoms with Crippen LogP contribution >= 0.6 is 0 Å². The van der Waals surface area contributed by atoms with Crippen LogP contribution in [0.4, 0.5) is 17.1 Å². The normalized spacial score (nSPS) is 12.8. The molecule has 0 saturated carbocycles. The van der Waals surface area contributed by atoms with Crippen LogP contribution in [0.3, 0.4) is 0 Å². The molecule has 11 aromatic rings. The number of nitrogens with zero attached hydrogens (tertiary/aromatic N) is 6. The number of benzene rings is 8. The molecule has 8 heteroatoms. The summed E-state index contributed by atoms with van der Waals surface area (Å²) in [7, 11) is 0. The van der Waals surface area contributed by atoms with E-state index in [4.69, 9.17) is 19.7 Å². The largest absolute Gasteiger partial charge is 0.453 e. The molecular weight excluding hydrogens is 723 g/mol. The lowest BCUT2D eigenvalue weighted by Gasteiger charge is -2.41. The molecule has 59 heavy (non-hydrogen) atoms. The van der Waals surface area contributed by atoms with Gasteiger partial charge in [0.2, 0.25) is 18.6 Å². The third kappa shape index (κ3) is 4.56. The molecule has 0 spiro atoms. The average Bonchev–Trinajstić information content (AvgIpc) is 3.82. The molecule has 0 aliphatic carbocycles. The van der Waals surface area contributed by atoms with Crippen molar-refractivity contribution in [3.05, 3.63) is 188 Å². The second kappa shape index (κ2) is 12.3. The maximum Gasteiger partial charge on any atom is 0.247 e. The van der Waals surface area contributed by atoms with Crippen molar-refractivity contribution >= 4 is 83.8 Å². The Kier molecular flexibility index (Phi) is 6.69. The van der Waals surface area contributed by atoms with Crippen molar-refractivity contribution in [2.24, 2.45) is 0 Å². The Hall–Kier alpha value is -7.97. The van der Waals surface area contributed by atoms with Crippen LogP contribution in [-0.4, -0.2) is 30.8 Å². The molecule has 5 heterocycles. The molecular formula is C51H31BN6O. The number of ether oxygens (including phenoxy) is 1. The fraction of sp³-hybridized carbons (Fsp3) is 0. The molecule has 0 unspecified atom stereocenters. The molecule has 2 aliphatic heterocycles. The number of aromatic nitrogens is 5. The van der Waals surface area contributed by atoms with Crippen LogP contribution in [0.5, 0.6) is 11.5 Å². The molecule has 0 amide bonds. The van der Waals surface area contributed by atoms with Crippen LogP contribution in [-0.2, 0) is 0 Å². The van der Waals surface area contributed by atoms with Gasteiger partial charge in [-0.2, -0.15) is 15.0 Å². The van der Waals surface area contributed by atoms with Crippen LogP contribution in [0.2, 0.25) is 0 Å². The van der Waals surface area contributed by atoms with Gasteiger partial charge in [-0.05, 0) is 59.5 Å². The predicted molar refractivity (Wildman–Crippen MR) is 240 cm³/mol. The molecule has 3 aromatic heterocycles. The summed E-state index contributed by atoms with van der Waals surface area (Å²) in [4.78, 5) is 18.7. The van der Waals surface area contributed by atoms with Crippen molar-refractivity contribution < 1.29 is 4.74 Å². The van der Waals surface area contributed by atoms with E-state index in [0.717, 1.165) is 88.7 Å². The number of rotatable bonds is 4. The summed E-state index contributed by atoms with van der Waals surface area (Å²) in [5.74, 6) is 3.37.